The predicted octanol–water partition coefficient (Wildman–Crippen LogP) is 3.85. The molecule has 0 spiro atoms. The van der Waals surface area contributed by atoms with Gasteiger partial charge >= 0.3 is 11.9 Å². The molecule has 0 aromatic heterocycles. The quantitative estimate of drug-likeness (QED) is 0.280. The fourth-order valence-electron chi connectivity index (χ4n) is 3.26. The summed E-state index contributed by atoms with van der Waals surface area (Å²) < 4.78 is 57.1. The van der Waals surface area contributed by atoms with Crippen LogP contribution in [0.15, 0.2) is 0 Å². The third-order valence-corrected chi connectivity index (χ3v) is 5.14. The van der Waals surface area contributed by atoms with Crippen molar-refractivity contribution < 1.29 is 42.4 Å². The molecule has 0 aromatic rings. The minimum atomic E-state index is -4.27. The van der Waals surface area contributed by atoms with Crippen molar-refractivity contribution in [2.24, 2.45) is 0 Å². The van der Waals surface area contributed by atoms with Gasteiger partial charge < -0.3 is 28.8 Å². The van der Waals surface area contributed by atoms with Crippen molar-refractivity contribution in [1.29, 1.82) is 0 Å². The maximum absolute atomic E-state index is 14.9. The van der Waals surface area contributed by atoms with Crippen LogP contribution in [-0.4, -0.2) is 74.1 Å². The molecule has 1 N–H and O–H groups in total. The van der Waals surface area contributed by atoms with Gasteiger partial charge in [0.15, 0.2) is 0 Å². The molecule has 1 rings (SSSR count). The summed E-state index contributed by atoms with van der Waals surface area (Å²) in [6.45, 7) is 8.25. The van der Waals surface area contributed by atoms with Crippen molar-refractivity contribution in [1.82, 2.24) is 0 Å². The molecule has 1 aliphatic rings. The fourth-order valence-corrected chi connectivity index (χ4v) is 3.26. The summed E-state index contributed by atoms with van der Waals surface area (Å²) in [5.74, 6) is -9.19. The molecule has 7 nitrogen and oxygen atoms in total. The summed E-state index contributed by atoms with van der Waals surface area (Å²) in [4.78, 5) is 11.9. The molecule has 184 valence electrons. The molecular weight excluding hydrogens is 414 g/mol. The van der Waals surface area contributed by atoms with Crippen molar-refractivity contribution in [2.75, 3.05) is 33.0 Å². The second kappa shape index (κ2) is 14.3. The van der Waals surface area contributed by atoms with E-state index in [-0.39, 0.29) is 13.2 Å². The maximum atomic E-state index is 14.9. The van der Waals surface area contributed by atoms with Crippen molar-refractivity contribution in [3.05, 3.63) is 0 Å². The van der Waals surface area contributed by atoms with Gasteiger partial charge in [-0.05, 0) is 26.2 Å². The van der Waals surface area contributed by atoms with Gasteiger partial charge in [-0.3, -0.25) is 0 Å². The highest BCUT2D eigenvalue weighted by Crippen LogP contribution is 2.42. The molecular formula is C22H40F2O7. The SMILES string of the molecule is CCCCOC[C@H]1O[C@@](O)(C(F)(F)C(=O)OCC)C[C@@H](OCCCC)[C@H]1OCCCC. The lowest BCUT2D eigenvalue weighted by Crippen LogP contribution is -2.66. The zero-order valence-corrected chi connectivity index (χ0v) is 19.4. The zero-order valence-electron chi connectivity index (χ0n) is 19.4. The zero-order chi connectivity index (χ0) is 23.3. The van der Waals surface area contributed by atoms with E-state index < -0.39 is 42.4 Å². The lowest BCUT2D eigenvalue weighted by molar-refractivity contribution is -0.376. The topological polar surface area (TPSA) is 83.5 Å². The maximum Gasteiger partial charge on any atom is 0.395 e. The summed E-state index contributed by atoms with van der Waals surface area (Å²) in [5.41, 5.74) is 0. The van der Waals surface area contributed by atoms with E-state index in [2.05, 4.69) is 4.74 Å². The Morgan fingerprint density at radius 3 is 2.19 bits per heavy atom. The third kappa shape index (κ3) is 8.20. The van der Waals surface area contributed by atoms with Gasteiger partial charge in [0.2, 0.25) is 5.79 Å². The smallest absolute Gasteiger partial charge is 0.395 e. The summed E-state index contributed by atoms with van der Waals surface area (Å²) in [7, 11) is 0. The number of aliphatic hydroxyl groups is 1. The van der Waals surface area contributed by atoms with Crippen LogP contribution >= 0.6 is 0 Å². The number of ether oxygens (including phenoxy) is 5. The van der Waals surface area contributed by atoms with Crippen molar-refractivity contribution in [3.63, 3.8) is 0 Å². The van der Waals surface area contributed by atoms with Crippen LogP contribution < -0.4 is 0 Å². The number of hydrogen-bond acceptors (Lipinski definition) is 7. The van der Waals surface area contributed by atoms with Crippen LogP contribution in [0.5, 0.6) is 0 Å². The Labute approximate surface area is 184 Å². The lowest BCUT2D eigenvalue weighted by Gasteiger charge is -2.47. The van der Waals surface area contributed by atoms with Crippen LogP contribution in [0, 0.1) is 0 Å². The highest BCUT2D eigenvalue weighted by atomic mass is 19.3. The van der Waals surface area contributed by atoms with E-state index in [9.17, 15) is 18.7 Å². The molecule has 4 atom stereocenters. The Balaban J connectivity index is 3.12. The summed E-state index contributed by atoms with van der Waals surface area (Å²) in [6, 6.07) is 0. The first-order valence-corrected chi connectivity index (χ1v) is 11.5. The van der Waals surface area contributed by atoms with Gasteiger partial charge in [-0.2, -0.15) is 8.78 Å². The Kier molecular flexibility index (Phi) is 13.0. The Morgan fingerprint density at radius 2 is 1.61 bits per heavy atom. The summed E-state index contributed by atoms with van der Waals surface area (Å²) in [5, 5.41) is 10.8. The van der Waals surface area contributed by atoms with Crippen molar-refractivity contribution in [2.45, 2.75) is 103 Å². The lowest BCUT2D eigenvalue weighted by atomic mass is 9.91. The number of carbonyl (C=O) groups excluding carboxylic acids is 1. The highest BCUT2D eigenvalue weighted by molar-refractivity contribution is 5.79. The molecule has 1 fully saturated rings. The van der Waals surface area contributed by atoms with E-state index in [0.29, 0.717) is 19.8 Å². The summed E-state index contributed by atoms with van der Waals surface area (Å²) >= 11 is 0. The number of halogens is 2. The van der Waals surface area contributed by atoms with Gasteiger partial charge in [-0.25, -0.2) is 4.79 Å². The molecule has 31 heavy (non-hydrogen) atoms. The van der Waals surface area contributed by atoms with Crippen LogP contribution in [0.4, 0.5) is 8.78 Å². The monoisotopic (exact) mass is 454 g/mol. The Bertz CT molecular complexity index is 506. The number of unbranched alkanes of at least 4 members (excludes halogenated alkanes) is 3. The minimum Gasteiger partial charge on any atom is -0.461 e. The number of rotatable bonds is 16. The van der Waals surface area contributed by atoms with E-state index in [1.165, 1.54) is 6.92 Å². The van der Waals surface area contributed by atoms with E-state index in [0.717, 1.165) is 38.5 Å². The Hall–Kier alpha value is -0.870. The molecule has 1 aliphatic heterocycles. The van der Waals surface area contributed by atoms with Gasteiger partial charge in [0.05, 0.1) is 19.3 Å². The second-order valence-corrected chi connectivity index (χ2v) is 7.82. The largest absolute Gasteiger partial charge is 0.461 e. The number of hydrogen-bond donors (Lipinski definition) is 1. The van der Waals surface area contributed by atoms with Crippen LogP contribution in [0.2, 0.25) is 0 Å². The van der Waals surface area contributed by atoms with E-state index in [1.54, 1.807) is 0 Å². The second-order valence-electron chi connectivity index (χ2n) is 7.82. The molecule has 0 amide bonds. The average molecular weight is 455 g/mol. The average Bonchev–Trinajstić information content (AvgIpc) is 2.73. The molecule has 0 bridgehead atoms. The van der Waals surface area contributed by atoms with Crippen molar-refractivity contribution >= 4 is 5.97 Å². The van der Waals surface area contributed by atoms with Gasteiger partial charge in [0.1, 0.15) is 12.2 Å². The normalized spacial score (nSPS) is 26.7. The first-order valence-electron chi connectivity index (χ1n) is 11.5. The first-order chi connectivity index (χ1) is 14.8. The van der Waals surface area contributed by atoms with Gasteiger partial charge in [0.25, 0.3) is 0 Å². The van der Waals surface area contributed by atoms with E-state index in [1.807, 2.05) is 20.8 Å². The van der Waals surface area contributed by atoms with Gasteiger partial charge in [-0.1, -0.05) is 40.0 Å². The van der Waals surface area contributed by atoms with Gasteiger partial charge in [-0.15, -0.1) is 0 Å². The Morgan fingerprint density at radius 1 is 1.03 bits per heavy atom. The molecule has 0 aromatic carbocycles. The van der Waals surface area contributed by atoms with Crippen molar-refractivity contribution in [3.8, 4) is 0 Å². The first kappa shape index (κ1) is 28.2. The molecule has 1 saturated heterocycles. The number of carbonyl (C=O) groups is 1. The third-order valence-electron chi connectivity index (χ3n) is 5.14. The van der Waals surface area contributed by atoms with Crippen LogP contribution in [-0.2, 0) is 28.5 Å². The standard InChI is InChI=1S/C22H40F2O7/c1-5-9-12-27-16-18-19(30-14-11-7-3)17(29-13-10-6-2)15-21(26,31-18)22(23,24)20(25)28-8-4/h17-19,26H,5-16H2,1-4H3/t17-,18-,19-,21-/m1/s1. The van der Waals surface area contributed by atoms with E-state index in [4.69, 9.17) is 18.9 Å². The minimum absolute atomic E-state index is 0.0638. The fraction of sp³-hybridized carbons (Fsp3) is 0.955. The predicted molar refractivity (Wildman–Crippen MR) is 111 cm³/mol. The van der Waals surface area contributed by atoms with Crippen LogP contribution in [0.25, 0.3) is 0 Å². The van der Waals surface area contributed by atoms with Crippen LogP contribution in [0.1, 0.15) is 72.6 Å². The molecule has 0 aliphatic carbocycles. The van der Waals surface area contributed by atoms with E-state index >= 15 is 0 Å². The molecule has 9 heteroatoms. The van der Waals surface area contributed by atoms with Crippen LogP contribution in [0.3, 0.4) is 0 Å². The number of alkyl halides is 2. The molecule has 1 heterocycles. The summed E-state index contributed by atoms with van der Waals surface area (Å²) in [6.07, 6.45) is 1.74. The highest BCUT2D eigenvalue weighted by Gasteiger charge is 2.66. The molecule has 0 saturated carbocycles. The molecule has 0 unspecified atom stereocenters. The van der Waals surface area contributed by atoms with Gasteiger partial charge in [0, 0.05) is 26.2 Å². The molecule has 0 radical (unpaired) electrons. The number of esters is 1.